The lowest BCUT2D eigenvalue weighted by atomic mass is 9.52. The molecule has 5 heteroatoms. The van der Waals surface area contributed by atoms with Crippen molar-refractivity contribution in [2.45, 2.75) is 57.0 Å². The van der Waals surface area contributed by atoms with Gasteiger partial charge in [-0.05, 0) is 74.0 Å². The second-order valence-electron chi connectivity index (χ2n) is 9.51. The fraction of sp³-hybridized carbons (Fsp3) is 0.542. The quantitative estimate of drug-likeness (QED) is 0.634. The average molecular weight is 405 g/mol. The van der Waals surface area contributed by atoms with Crippen LogP contribution in [0.4, 0.5) is 0 Å². The largest absolute Gasteiger partial charge is 0.363 e. The number of imidazole rings is 1. The number of benzene rings is 1. The van der Waals surface area contributed by atoms with Crippen LogP contribution >= 0.6 is 12.2 Å². The van der Waals surface area contributed by atoms with Gasteiger partial charge in [0.15, 0.2) is 0 Å². The van der Waals surface area contributed by atoms with Gasteiger partial charge in [0.1, 0.15) is 0 Å². The van der Waals surface area contributed by atoms with E-state index in [9.17, 15) is 0 Å². The van der Waals surface area contributed by atoms with Gasteiger partial charge in [-0.15, -0.1) is 0 Å². The predicted molar refractivity (Wildman–Crippen MR) is 117 cm³/mol. The lowest BCUT2D eigenvalue weighted by Crippen LogP contribution is -2.59. The van der Waals surface area contributed by atoms with Gasteiger partial charge in [-0.25, -0.2) is 4.98 Å². The smallest absolute Gasteiger partial charge is 0.0991 e. The van der Waals surface area contributed by atoms with Gasteiger partial charge in [-0.2, -0.15) is 5.26 Å². The minimum Gasteiger partial charge on any atom is -0.363 e. The van der Waals surface area contributed by atoms with Crippen molar-refractivity contribution in [3.05, 3.63) is 53.6 Å². The molecule has 4 fully saturated rings. The summed E-state index contributed by atoms with van der Waals surface area (Å²) in [6.07, 6.45) is 13.3. The Morgan fingerprint density at radius 2 is 1.79 bits per heavy atom. The Morgan fingerprint density at radius 1 is 1.14 bits per heavy atom. The molecular formula is C24H28N4S. The second kappa shape index (κ2) is 7.57. The van der Waals surface area contributed by atoms with Crippen LogP contribution in [0.1, 0.15) is 55.3 Å². The van der Waals surface area contributed by atoms with Crippen LogP contribution in [0.5, 0.6) is 0 Å². The second-order valence-corrected chi connectivity index (χ2v) is 9.72. The molecule has 0 N–H and O–H groups in total. The van der Waals surface area contributed by atoms with Crippen molar-refractivity contribution in [2.24, 2.45) is 17.8 Å². The molecule has 0 spiro atoms. The molecule has 6 rings (SSSR count). The summed E-state index contributed by atoms with van der Waals surface area (Å²) >= 11 is 5.52. The first kappa shape index (κ1) is 18.8. The number of hydrogen-bond acceptors (Lipinski definition) is 3. The first-order valence-corrected chi connectivity index (χ1v) is 11.3. The monoisotopic (exact) mass is 404 g/mol. The Bertz CT molecular complexity index is 888. The predicted octanol–water partition coefficient (Wildman–Crippen LogP) is 4.57. The average Bonchev–Trinajstić information content (AvgIpc) is 3.15. The standard InChI is InChI=1S/C24H28N4S/c25-13-18-1-3-19(4-2-18)15-27-16-26-14-23(27)5-6-28(17-29)24-10-20-7-21(11-24)9-22(8-20)12-24/h1-4,14,16-17,20-22H,5-12,15H2. The van der Waals surface area contributed by atoms with Gasteiger partial charge in [0.2, 0.25) is 0 Å². The van der Waals surface area contributed by atoms with E-state index in [1.165, 1.54) is 49.8 Å². The molecule has 1 heterocycles. The molecule has 4 aliphatic carbocycles. The zero-order chi connectivity index (χ0) is 19.8. The molecule has 4 aliphatic rings. The molecule has 2 aromatic rings. The van der Waals surface area contributed by atoms with Gasteiger partial charge in [0.05, 0.1) is 23.5 Å². The SMILES string of the molecule is N#Cc1ccc(Cn2cncc2CCN(C=S)C23CC4CC(CC(C4)C2)C3)cc1. The van der Waals surface area contributed by atoms with Crippen molar-refractivity contribution < 1.29 is 0 Å². The Hall–Kier alpha value is -2.19. The van der Waals surface area contributed by atoms with Crippen LogP contribution in [0.2, 0.25) is 0 Å². The maximum absolute atomic E-state index is 8.98. The molecule has 4 nitrogen and oxygen atoms in total. The molecule has 0 unspecified atom stereocenters. The molecule has 0 amide bonds. The minimum atomic E-state index is 0.328. The molecule has 29 heavy (non-hydrogen) atoms. The molecule has 0 saturated heterocycles. The number of nitrogens with zero attached hydrogens (tertiary/aromatic N) is 4. The van der Waals surface area contributed by atoms with Crippen LogP contribution in [0.3, 0.4) is 0 Å². The summed E-state index contributed by atoms with van der Waals surface area (Å²) < 4.78 is 2.22. The molecule has 4 bridgehead atoms. The molecule has 4 saturated carbocycles. The van der Waals surface area contributed by atoms with Gasteiger partial charge in [0.25, 0.3) is 0 Å². The van der Waals surface area contributed by atoms with Crippen LogP contribution in [0.25, 0.3) is 0 Å². The van der Waals surface area contributed by atoms with Crippen LogP contribution in [-0.4, -0.2) is 32.0 Å². The van der Waals surface area contributed by atoms with E-state index in [0.29, 0.717) is 11.1 Å². The van der Waals surface area contributed by atoms with Crippen LogP contribution in [0.15, 0.2) is 36.8 Å². The van der Waals surface area contributed by atoms with Crippen molar-refractivity contribution in [3.8, 4) is 6.07 Å². The first-order valence-electron chi connectivity index (χ1n) is 10.9. The van der Waals surface area contributed by atoms with Gasteiger partial charge in [0, 0.05) is 36.9 Å². The normalized spacial score (nSPS) is 29.6. The van der Waals surface area contributed by atoms with Gasteiger partial charge < -0.3 is 9.47 Å². The first-order chi connectivity index (χ1) is 14.2. The zero-order valence-corrected chi connectivity index (χ0v) is 17.7. The highest BCUT2D eigenvalue weighted by molar-refractivity contribution is 7.78. The fourth-order valence-corrected chi connectivity index (χ4v) is 6.96. The molecule has 0 atom stereocenters. The lowest BCUT2D eigenvalue weighted by molar-refractivity contribution is -0.0594. The third kappa shape index (κ3) is 3.59. The van der Waals surface area contributed by atoms with E-state index in [1.54, 1.807) is 0 Å². The van der Waals surface area contributed by atoms with E-state index in [-0.39, 0.29) is 0 Å². The van der Waals surface area contributed by atoms with E-state index in [4.69, 9.17) is 17.5 Å². The number of hydrogen-bond donors (Lipinski definition) is 0. The summed E-state index contributed by atoms with van der Waals surface area (Å²) in [6, 6.07) is 10.0. The fourth-order valence-electron chi connectivity index (χ4n) is 6.63. The summed E-state index contributed by atoms with van der Waals surface area (Å²) in [7, 11) is 0. The van der Waals surface area contributed by atoms with Crippen molar-refractivity contribution >= 4 is 17.7 Å². The molecule has 1 aromatic carbocycles. The van der Waals surface area contributed by atoms with Crippen molar-refractivity contribution in [2.75, 3.05) is 6.54 Å². The van der Waals surface area contributed by atoms with Crippen LogP contribution < -0.4 is 0 Å². The number of thiocarbonyl (C=S) groups is 1. The maximum atomic E-state index is 8.98. The lowest BCUT2D eigenvalue weighted by Gasteiger charge is -2.60. The Morgan fingerprint density at radius 3 is 2.38 bits per heavy atom. The molecular weight excluding hydrogens is 376 g/mol. The number of rotatable bonds is 7. The summed E-state index contributed by atoms with van der Waals surface area (Å²) in [6.45, 7) is 1.77. The molecule has 0 radical (unpaired) electrons. The highest BCUT2D eigenvalue weighted by atomic mass is 32.1. The van der Waals surface area contributed by atoms with Crippen molar-refractivity contribution in [3.63, 3.8) is 0 Å². The molecule has 0 aliphatic heterocycles. The van der Waals surface area contributed by atoms with E-state index in [1.807, 2.05) is 42.3 Å². The van der Waals surface area contributed by atoms with Crippen LogP contribution in [-0.2, 0) is 13.0 Å². The zero-order valence-electron chi connectivity index (χ0n) is 16.8. The molecule has 1 aromatic heterocycles. The van der Waals surface area contributed by atoms with Gasteiger partial charge in [-0.3, -0.25) is 0 Å². The molecule has 150 valence electrons. The summed E-state index contributed by atoms with van der Waals surface area (Å²) in [5.41, 5.74) is 5.42. The Balaban J connectivity index is 1.27. The van der Waals surface area contributed by atoms with Crippen molar-refractivity contribution in [1.29, 1.82) is 5.26 Å². The van der Waals surface area contributed by atoms with E-state index < -0.39 is 0 Å². The van der Waals surface area contributed by atoms with Gasteiger partial charge >= 0.3 is 0 Å². The third-order valence-corrected chi connectivity index (χ3v) is 7.84. The Labute approximate surface area is 178 Å². The highest BCUT2D eigenvalue weighted by Gasteiger charge is 2.52. The van der Waals surface area contributed by atoms with Gasteiger partial charge in [-0.1, -0.05) is 24.4 Å². The van der Waals surface area contributed by atoms with E-state index in [2.05, 4.69) is 20.5 Å². The number of nitriles is 1. The topological polar surface area (TPSA) is 44.9 Å². The maximum Gasteiger partial charge on any atom is 0.0991 e. The summed E-state index contributed by atoms with van der Waals surface area (Å²) in [5, 5.41) is 8.98. The third-order valence-electron chi connectivity index (χ3n) is 7.59. The Kier molecular flexibility index (Phi) is 4.91. The number of aromatic nitrogens is 2. The van der Waals surface area contributed by atoms with E-state index in [0.717, 1.165) is 37.3 Å². The highest BCUT2D eigenvalue weighted by Crippen LogP contribution is 2.57. The van der Waals surface area contributed by atoms with Crippen LogP contribution in [0, 0.1) is 29.1 Å². The minimum absolute atomic E-state index is 0.328. The summed E-state index contributed by atoms with van der Waals surface area (Å²) in [4.78, 5) is 6.92. The van der Waals surface area contributed by atoms with E-state index >= 15 is 0 Å². The van der Waals surface area contributed by atoms with Crippen molar-refractivity contribution in [1.82, 2.24) is 14.5 Å². The summed E-state index contributed by atoms with van der Waals surface area (Å²) in [5.74, 6) is 2.79.